The van der Waals surface area contributed by atoms with Gasteiger partial charge in [-0.1, -0.05) is 6.42 Å². The third-order valence-electron chi connectivity index (χ3n) is 4.03. The lowest BCUT2D eigenvalue weighted by atomic mass is 9.97. The van der Waals surface area contributed by atoms with Crippen LogP contribution >= 0.6 is 11.3 Å². The van der Waals surface area contributed by atoms with E-state index in [0.717, 1.165) is 29.4 Å². The van der Waals surface area contributed by atoms with Crippen LogP contribution in [0, 0.1) is 0 Å². The largest absolute Gasteiger partial charge is 0.462 e. The van der Waals surface area contributed by atoms with E-state index in [1.165, 1.54) is 12.8 Å². The second-order valence-electron chi connectivity index (χ2n) is 5.41. The Morgan fingerprint density at radius 3 is 3.15 bits per heavy atom. The second-order valence-corrected chi connectivity index (χ2v) is 6.27. The van der Waals surface area contributed by atoms with Crippen LogP contribution in [0.5, 0.6) is 0 Å². The van der Waals surface area contributed by atoms with E-state index in [4.69, 9.17) is 4.42 Å². The molecule has 0 radical (unpaired) electrons. The Hall–Kier alpha value is -1.17. The van der Waals surface area contributed by atoms with Crippen LogP contribution < -0.4 is 0 Å². The van der Waals surface area contributed by atoms with E-state index >= 15 is 0 Å². The number of thiazole rings is 1. The summed E-state index contributed by atoms with van der Waals surface area (Å²) in [5.74, 6) is 0.826. The standard InChI is InChI=1S/C15H20N2O2S/c1-11-4-2-5-13(9-18)17(11)8-12-10-20-15(16-12)14-6-3-7-19-14/h3,6-7,10-11,13,18H,2,4-5,8-9H2,1H3. The fourth-order valence-corrected chi connectivity index (χ4v) is 3.68. The van der Waals surface area contributed by atoms with Crippen molar-refractivity contribution in [2.24, 2.45) is 0 Å². The first-order valence-electron chi connectivity index (χ1n) is 7.13. The third-order valence-corrected chi connectivity index (χ3v) is 4.94. The van der Waals surface area contributed by atoms with Crippen molar-refractivity contribution >= 4 is 11.3 Å². The summed E-state index contributed by atoms with van der Waals surface area (Å²) in [6, 6.07) is 4.59. The van der Waals surface area contributed by atoms with E-state index in [9.17, 15) is 5.11 Å². The van der Waals surface area contributed by atoms with Gasteiger partial charge in [0.2, 0.25) is 0 Å². The van der Waals surface area contributed by atoms with Crippen molar-refractivity contribution in [2.45, 2.75) is 44.8 Å². The number of aliphatic hydroxyl groups excluding tert-OH is 1. The number of furan rings is 1. The van der Waals surface area contributed by atoms with Gasteiger partial charge in [-0.05, 0) is 31.9 Å². The minimum absolute atomic E-state index is 0.236. The smallest absolute Gasteiger partial charge is 0.162 e. The van der Waals surface area contributed by atoms with Crippen LogP contribution in [0.4, 0.5) is 0 Å². The Labute approximate surface area is 123 Å². The van der Waals surface area contributed by atoms with Crippen LogP contribution in [0.15, 0.2) is 28.2 Å². The topological polar surface area (TPSA) is 49.5 Å². The number of aliphatic hydroxyl groups is 1. The fourth-order valence-electron chi connectivity index (χ4n) is 2.90. The van der Waals surface area contributed by atoms with Crippen LogP contribution in [-0.2, 0) is 6.54 Å². The lowest BCUT2D eigenvalue weighted by molar-refractivity contribution is 0.0443. The van der Waals surface area contributed by atoms with E-state index in [1.54, 1.807) is 17.6 Å². The van der Waals surface area contributed by atoms with Crippen LogP contribution in [0.3, 0.4) is 0 Å². The molecule has 3 rings (SSSR count). The van der Waals surface area contributed by atoms with Gasteiger partial charge in [-0.25, -0.2) is 4.98 Å². The molecule has 0 amide bonds. The zero-order valence-electron chi connectivity index (χ0n) is 11.7. The molecule has 1 N–H and O–H groups in total. The van der Waals surface area contributed by atoms with Crippen molar-refractivity contribution in [3.05, 3.63) is 29.5 Å². The SMILES string of the molecule is CC1CCCC(CO)N1Cc1csc(-c2ccco2)n1. The molecule has 4 nitrogen and oxygen atoms in total. The molecule has 2 aromatic rings. The summed E-state index contributed by atoms with van der Waals surface area (Å²) in [5, 5.41) is 12.6. The zero-order chi connectivity index (χ0) is 13.9. The minimum atomic E-state index is 0.236. The number of aromatic nitrogens is 1. The summed E-state index contributed by atoms with van der Waals surface area (Å²) in [4.78, 5) is 7.03. The Balaban J connectivity index is 1.73. The molecule has 0 aliphatic carbocycles. The number of nitrogens with zero attached hydrogens (tertiary/aromatic N) is 2. The number of likely N-dealkylation sites (tertiary alicyclic amines) is 1. The molecule has 2 atom stereocenters. The molecule has 1 aliphatic heterocycles. The van der Waals surface area contributed by atoms with Gasteiger partial charge in [0.05, 0.1) is 18.6 Å². The summed E-state index contributed by atoms with van der Waals surface area (Å²) in [6.07, 6.45) is 5.16. The van der Waals surface area contributed by atoms with Crippen molar-refractivity contribution in [3.8, 4) is 10.8 Å². The first-order chi connectivity index (χ1) is 9.78. The second kappa shape index (κ2) is 6.08. The van der Waals surface area contributed by atoms with Crippen molar-refractivity contribution in [3.63, 3.8) is 0 Å². The average Bonchev–Trinajstić information content (AvgIpc) is 3.11. The van der Waals surface area contributed by atoms with Gasteiger partial charge in [0.15, 0.2) is 10.8 Å². The Morgan fingerprint density at radius 2 is 2.40 bits per heavy atom. The van der Waals surface area contributed by atoms with Crippen molar-refractivity contribution in [2.75, 3.05) is 6.61 Å². The van der Waals surface area contributed by atoms with E-state index in [1.807, 2.05) is 12.1 Å². The number of rotatable bonds is 4. The maximum Gasteiger partial charge on any atom is 0.162 e. The highest BCUT2D eigenvalue weighted by Crippen LogP contribution is 2.28. The number of hydrogen-bond acceptors (Lipinski definition) is 5. The molecular formula is C15H20N2O2S. The van der Waals surface area contributed by atoms with Gasteiger partial charge < -0.3 is 9.52 Å². The fraction of sp³-hybridized carbons (Fsp3) is 0.533. The molecular weight excluding hydrogens is 272 g/mol. The first kappa shape index (κ1) is 13.8. The molecule has 0 aromatic carbocycles. The van der Waals surface area contributed by atoms with Gasteiger partial charge in [0.1, 0.15) is 0 Å². The van der Waals surface area contributed by atoms with Crippen LogP contribution in [0.1, 0.15) is 31.9 Å². The molecule has 2 unspecified atom stereocenters. The predicted octanol–water partition coefficient (Wildman–Crippen LogP) is 3.14. The number of hydrogen-bond donors (Lipinski definition) is 1. The molecule has 0 saturated carbocycles. The van der Waals surface area contributed by atoms with Crippen molar-refractivity contribution in [1.82, 2.24) is 9.88 Å². The van der Waals surface area contributed by atoms with Gasteiger partial charge in [-0.2, -0.15) is 0 Å². The zero-order valence-corrected chi connectivity index (χ0v) is 12.5. The van der Waals surface area contributed by atoms with E-state index in [0.29, 0.717) is 6.04 Å². The molecule has 0 bridgehead atoms. The molecule has 1 fully saturated rings. The average molecular weight is 292 g/mol. The monoisotopic (exact) mass is 292 g/mol. The lowest BCUT2D eigenvalue weighted by Crippen LogP contribution is -2.46. The summed E-state index contributed by atoms with van der Waals surface area (Å²) < 4.78 is 5.38. The molecule has 108 valence electrons. The van der Waals surface area contributed by atoms with E-state index in [-0.39, 0.29) is 12.6 Å². The highest BCUT2D eigenvalue weighted by molar-refractivity contribution is 7.13. The molecule has 1 aliphatic rings. The lowest BCUT2D eigenvalue weighted by Gasteiger charge is -2.39. The van der Waals surface area contributed by atoms with Crippen molar-refractivity contribution < 1.29 is 9.52 Å². The molecule has 20 heavy (non-hydrogen) atoms. The third kappa shape index (κ3) is 2.80. The predicted molar refractivity (Wildman–Crippen MR) is 79.5 cm³/mol. The Morgan fingerprint density at radius 1 is 1.50 bits per heavy atom. The number of piperidine rings is 1. The normalized spacial score (nSPS) is 24.1. The quantitative estimate of drug-likeness (QED) is 0.940. The van der Waals surface area contributed by atoms with Crippen LogP contribution in [-0.4, -0.2) is 33.7 Å². The van der Waals surface area contributed by atoms with Gasteiger partial charge in [0, 0.05) is 24.0 Å². The summed E-state index contributed by atoms with van der Waals surface area (Å²) in [6.45, 7) is 3.28. The highest BCUT2D eigenvalue weighted by Gasteiger charge is 2.27. The Kier molecular flexibility index (Phi) is 4.19. The summed E-state index contributed by atoms with van der Waals surface area (Å²) in [5.41, 5.74) is 1.06. The summed E-state index contributed by atoms with van der Waals surface area (Å²) in [7, 11) is 0. The van der Waals surface area contributed by atoms with Crippen LogP contribution in [0.25, 0.3) is 10.8 Å². The molecule has 2 aromatic heterocycles. The minimum Gasteiger partial charge on any atom is -0.462 e. The molecule has 5 heteroatoms. The summed E-state index contributed by atoms with van der Waals surface area (Å²) >= 11 is 1.61. The van der Waals surface area contributed by atoms with Gasteiger partial charge in [-0.3, -0.25) is 4.90 Å². The van der Waals surface area contributed by atoms with E-state index in [2.05, 4.69) is 22.2 Å². The molecule has 0 spiro atoms. The molecule has 1 saturated heterocycles. The van der Waals surface area contributed by atoms with Gasteiger partial charge >= 0.3 is 0 Å². The maximum atomic E-state index is 9.54. The first-order valence-corrected chi connectivity index (χ1v) is 8.01. The highest BCUT2D eigenvalue weighted by atomic mass is 32.1. The van der Waals surface area contributed by atoms with Crippen molar-refractivity contribution in [1.29, 1.82) is 0 Å². The van der Waals surface area contributed by atoms with Crippen LogP contribution in [0.2, 0.25) is 0 Å². The van der Waals surface area contributed by atoms with E-state index < -0.39 is 0 Å². The Bertz CT molecular complexity index is 538. The maximum absolute atomic E-state index is 9.54. The van der Waals surface area contributed by atoms with Gasteiger partial charge in [0.25, 0.3) is 0 Å². The van der Waals surface area contributed by atoms with Gasteiger partial charge in [-0.15, -0.1) is 11.3 Å². The molecule has 3 heterocycles.